The Bertz CT molecular complexity index is 212. The van der Waals surface area contributed by atoms with E-state index >= 15 is 0 Å². The summed E-state index contributed by atoms with van der Waals surface area (Å²) in [6, 6.07) is 0. The summed E-state index contributed by atoms with van der Waals surface area (Å²) in [6.45, 7) is 1.51. The van der Waals surface area contributed by atoms with Gasteiger partial charge in [0.2, 0.25) is 5.91 Å². The molecule has 88 valence electrons. The van der Waals surface area contributed by atoms with E-state index in [2.05, 4.69) is 17.3 Å². The number of nitrogens with one attached hydrogen (secondary N) is 1. The van der Waals surface area contributed by atoms with Crippen LogP contribution in [-0.4, -0.2) is 43.5 Å². The minimum absolute atomic E-state index is 0.104. The van der Waals surface area contributed by atoms with Crippen LogP contribution in [0.3, 0.4) is 0 Å². The van der Waals surface area contributed by atoms with Crippen LogP contribution >= 0.6 is 0 Å². The highest BCUT2D eigenvalue weighted by Crippen LogP contribution is 2.33. The topological polar surface area (TPSA) is 58.4 Å². The van der Waals surface area contributed by atoms with E-state index in [1.165, 1.54) is 25.7 Å². The van der Waals surface area contributed by atoms with Crippen LogP contribution in [0, 0.1) is 0 Å². The average molecular weight is 213 g/mol. The fourth-order valence-corrected chi connectivity index (χ4v) is 2.41. The summed E-state index contributed by atoms with van der Waals surface area (Å²) in [5, 5.41) is 2.64. The predicted molar refractivity (Wildman–Crippen MR) is 61.6 cm³/mol. The lowest BCUT2D eigenvalue weighted by Gasteiger charge is -2.37. The van der Waals surface area contributed by atoms with Crippen molar-refractivity contribution < 1.29 is 4.79 Å². The Morgan fingerprint density at radius 3 is 2.53 bits per heavy atom. The van der Waals surface area contributed by atoms with Crippen molar-refractivity contribution in [2.75, 3.05) is 27.2 Å². The Kier molecular flexibility index (Phi) is 4.54. The molecule has 1 amide bonds. The van der Waals surface area contributed by atoms with Gasteiger partial charge in [0.25, 0.3) is 0 Å². The van der Waals surface area contributed by atoms with Gasteiger partial charge in [-0.15, -0.1) is 0 Å². The van der Waals surface area contributed by atoms with E-state index in [4.69, 9.17) is 5.73 Å². The number of carbonyl (C=O) groups is 1. The molecule has 0 saturated heterocycles. The molecule has 1 aliphatic carbocycles. The molecule has 1 aliphatic rings. The van der Waals surface area contributed by atoms with Gasteiger partial charge >= 0.3 is 0 Å². The second kappa shape index (κ2) is 5.47. The van der Waals surface area contributed by atoms with E-state index in [9.17, 15) is 4.79 Å². The molecule has 0 bridgehead atoms. The Morgan fingerprint density at radius 1 is 1.47 bits per heavy atom. The smallest absolute Gasteiger partial charge is 0.221 e. The zero-order valence-corrected chi connectivity index (χ0v) is 9.88. The molecule has 3 N–H and O–H groups in total. The van der Waals surface area contributed by atoms with Crippen molar-refractivity contribution in [1.82, 2.24) is 10.2 Å². The third kappa shape index (κ3) is 2.92. The number of likely N-dealkylation sites (N-methyl/N-ethyl adjacent to an activating group) is 1. The number of rotatable bonds is 5. The number of hydrogen-bond acceptors (Lipinski definition) is 3. The van der Waals surface area contributed by atoms with Gasteiger partial charge in [0.05, 0.1) is 0 Å². The van der Waals surface area contributed by atoms with Crippen LogP contribution in [0.5, 0.6) is 0 Å². The van der Waals surface area contributed by atoms with Crippen LogP contribution in [0.25, 0.3) is 0 Å². The first-order valence-corrected chi connectivity index (χ1v) is 5.76. The first-order valence-electron chi connectivity index (χ1n) is 5.76. The second-order valence-corrected chi connectivity index (χ2v) is 4.48. The van der Waals surface area contributed by atoms with Gasteiger partial charge in [-0.1, -0.05) is 12.8 Å². The third-order valence-corrected chi connectivity index (χ3v) is 3.68. The summed E-state index contributed by atoms with van der Waals surface area (Å²) >= 11 is 0. The van der Waals surface area contributed by atoms with E-state index < -0.39 is 0 Å². The first-order chi connectivity index (χ1) is 7.14. The zero-order valence-electron chi connectivity index (χ0n) is 9.88. The van der Waals surface area contributed by atoms with E-state index in [1.54, 1.807) is 7.05 Å². The summed E-state index contributed by atoms with van der Waals surface area (Å²) in [5.41, 5.74) is 6.03. The Hall–Kier alpha value is -0.610. The maximum atomic E-state index is 11.2. The van der Waals surface area contributed by atoms with E-state index in [0.29, 0.717) is 13.0 Å². The number of hydrogen-bond donors (Lipinski definition) is 2. The molecular formula is C11H23N3O. The summed E-state index contributed by atoms with van der Waals surface area (Å²) in [7, 11) is 3.76. The van der Waals surface area contributed by atoms with E-state index in [0.717, 1.165) is 6.54 Å². The standard InChI is InChI=1S/C11H23N3O/c1-13-10(15)5-8-14(2)11(9-12)6-3-4-7-11/h3-9,12H2,1-2H3,(H,13,15). The van der Waals surface area contributed by atoms with Crippen LogP contribution in [0.15, 0.2) is 0 Å². The molecule has 0 aromatic rings. The zero-order chi connectivity index (χ0) is 11.3. The fourth-order valence-electron chi connectivity index (χ4n) is 2.41. The molecule has 0 radical (unpaired) electrons. The number of nitrogens with zero attached hydrogens (tertiary/aromatic N) is 1. The molecule has 1 fully saturated rings. The third-order valence-electron chi connectivity index (χ3n) is 3.68. The molecule has 0 heterocycles. The lowest BCUT2D eigenvalue weighted by Crippen LogP contribution is -2.50. The SMILES string of the molecule is CNC(=O)CCN(C)C1(CN)CCCC1. The van der Waals surface area contributed by atoms with E-state index in [-0.39, 0.29) is 11.4 Å². The normalized spacial score (nSPS) is 19.5. The van der Waals surface area contributed by atoms with Crippen LogP contribution in [0.4, 0.5) is 0 Å². The first kappa shape index (κ1) is 12.5. The van der Waals surface area contributed by atoms with Crippen LogP contribution in [-0.2, 0) is 4.79 Å². The maximum Gasteiger partial charge on any atom is 0.221 e. The minimum Gasteiger partial charge on any atom is -0.359 e. The number of nitrogens with two attached hydrogens (primary N) is 1. The summed E-state index contributed by atoms with van der Waals surface area (Å²) < 4.78 is 0. The van der Waals surface area contributed by atoms with Crippen LogP contribution in [0.1, 0.15) is 32.1 Å². The molecule has 0 aliphatic heterocycles. The lowest BCUT2D eigenvalue weighted by molar-refractivity contribution is -0.121. The Morgan fingerprint density at radius 2 is 2.07 bits per heavy atom. The van der Waals surface area contributed by atoms with Gasteiger partial charge in [0.15, 0.2) is 0 Å². The van der Waals surface area contributed by atoms with Crippen LogP contribution < -0.4 is 11.1 Å². The average Bonchev–Trinajstić information content (AvgIpc) is 2.75. The largest absolute Gasteiger partial charge is 0.359 e. The highest BCUT2D eigenvalue weighted by atomic mass is 16.1. The molecule has 0 atom stereocenters. The van der Waals surface area contributed by atoms with Crippen molar-refractivity contribution in [2.24, 2.45) is 5.73 Å². The Labute approximate surface area is 92.2 Å². The van der Waals surface area contributed by atoms with Gasteiger partial charge in [-0.3, -0.25) is 9.69 Å². The lowest BCUT2D eigenvalue weighted by atomic mass is 9.95. The van der Waals surface area contributed by atoms with E-state index in [1.807, 2.05) is 0 Å². The number of carbonyl (C=O) groups excluding carboxylic acids is 1. The molecular weight excluding hydrogens is 190 g/mol. The van der Waals surface area contributed by atoms with Gasteiger partial charge in [0, 0.05) is 32.1 Å². The summed E-state index contributed by atoms with van der Waals surface area (Å²) in [5.74, 6) is 0.104. The Balaban J connectivity index is 2.43. The van der Waals surface area contributed by atoms with Gasteiger partial charge < -0.3 is 11.1 Å². The molecule has 1 rings (SSSR count). The molecule has 4 nitrogen and oxygen atoms in total. The molecule has 0 aromatic carbocycles. The van der Waals surface area contributed by atoms with Crippen molar-refractivity contribution in [2.45, 2.75) is 37.6 Å². The molecule has 0 spiro atoms. The monoisotopic (exact) mass is 213 g/mol. The van der Waals surface area contributed by atoms with Crippen molar-refractivity contribution in [1.29, 1.82) is 0 Å². The van der Waals surface area contributed by atoms with Crippen molar-refractivity contribution in [3.05, 3.63) is 0 Å². The maximum absolute atomic E-state index is 11.2. The van der Waals surface area contributed by atoms with Crippen LogP contribution in [0.2, 0.25) is 0 Å². The van der Waals surface area contributed by atoms with Crippen molar-refractivity contribution in [3.8, 4) is 0 Å². The fraction of sp³-hybridized carbons (Fsp3) is 0.909. The highest BCUT2D eigenvalue weighted by Gasteiger charge is 2.36. The highest BCUT2D eigenvalue weighted by molar-refractivity contribution is 5.75. The molecule has 0 aromatic heterocycles. The summed E-state index contributed by atoms with van der Waals surface area (Å²) in [6.07, 6.45) is 5.44. The van der Waals surface area contributed by atoms with Gasteiger partial charge in [-0.25, -0.2) is 0 Å². The minimum atomic E-state index is 0.104. The quantitative estimate of drug-likeness (QED) is 0.692. The number of amides is 1. The van der Waals surface area contributed by atoms with Gasteiger partial charge in [0.1, 0.15) is 0 Å². The van der Waals surface area contributed by atoms with Crippen molar-refractivity contribution >= 4 is 5.91 Å². The van der Waals surface area contributed by atoms with Crippen molar-refractivity contribution in [3.63, 3.8) is 0 Å². The molecule has 15 heavy (non-hydrogen) atoms. The van der Waals surface area contributed by atoms with Gasteiger partial charge in [-0.05, 0) is 19.9 Å². The molecule has 4 heteroatoms. The second-order valence-electron chi connectivity index (χ2n) is 4.48. The molecule has 1 saturated carbocycles. The predicted octanol–water partition coefficient (Wildman–Crippen LogP) is 0.326. The van der Waals surface area contributed by atoms with Gasteiger partial charge in [-0.2, -0.15) is 0 Å². The molecule has 0 unspecified atom stereocenters. The summed E-state index contributed by atoms with van der Waals surface area (Å²) in [4.78, 5) is 13.4.